The van der Waals surface area contributed by atoms with Crippen molar-refractivity contribution in [2.75, 3.05) is 0 Å². The van der Waals surface area contributed by atoms with Crippen molar-refractivity contribution in [2.24, 2.45) is 0 Å². The Bertz CT molecular complexity index is 2460. The molecule has 0 aliphatic carbocycles. The standard InChI is InChI=1S/C47H50N4O.Pt/c1-28(2)33-23-35(51-45(47(10,11)12)44(32(6)49-51)43-30(4)21-29(3)22-31(43)5)26-37(24-33)52-36-17-18-39-38-15-13-14-16-40(38)50(41(39)27-36)42-25-34(19-20-48-42)46(7,8)9;/h13-25,28H,1-12H3;/q-2;+2. The molecule has 4 aromatic carbocycles. The van der Waals surface area contributed by atoms with Gasteiger partial charge in [-0.3, -0.25) is 4.68 Å². The average Bonchev–Trinajstić information content (AvgIpc) is 3.58. The summed E-state index contributed by atoms with van der Waals surface area (Å²) in [6.45, 7) is 26.6. The van der Waals surface area contributed by atoms with Gasteiger partial charge in [0.1, 0.15) is 5.82 Å². The summed E-state index contributed by atoms with van der Waals surface area (Å²) in [6.07, 6.45) is 1.90. The quantitative estimate of drug-likeness (QED) is 0.156. The zero-order chi connectivity index (χ0) is 37.3. The van der Waals surface area contributed by atoms with Crippen molar-refractivity contribution < 1.29 is 25.8 Å². The molecule has 0 bridgehead atoms. The van der Waals surface area contributed by atoms with Gasteiger partial charge in [-0.1, -0.05) is 96.8 Å². The summed E-state index contributed by atoms with van der Waals surface area (Å²) in [6, 6.07) is 33.0. The zero-order valence-corrected chi connectivity index (χ0v) is 35.4. The van der Waals surface area contributed by atoms with E-state index in [9.17, 15) is 0 Å². The van der Waals surface area contributed by atoms with Crippen LogP contribution < -0.4 is 4.74 Å². The van der Waals surface area contributed by atoms with Gasteiger partial charge in [-0.15, -0.1) is 41.3 Å². The van der Waals surface area contributed by atoms with E-state index in [0.717, 1.165) is 50.3 Å². The second kappa shape index (κ2) is 14.1. The van der Waals surface area contributed by atoms with E-state index in [1.165, 1.54) is 33.4 Å². The maximum absolute atomic E-state index is 6.72. The van der Waals surface area contributed by atoms with E-state index in [-0.39, 0.29) is 37.8 Å². The van der Waals surface area contributed by atoms with Crippen molar-refractivity contribution in [3.8, 4) is 34.1 Å². The van der Waals surface area contributed by atoms with Gasteiger partial charge in [0, 0.05) is 34.2 Å². The van der Waals surface area contributed by atoms with Crippen LogP contribution in [0.5, 0.6) is 11.5 Å². The molecule has 7 rings (SSSR count). The first-order valence-electron chi connectivity index (χ1n) is 18.4. The fourth-order valence-corrected chi connectivity index (χ4v) is 7.62. The molecule has 0 aliphatic rings. The van der Waals surface area contributed by atoms with Gasteiger partial charge >= 0.3 is 21.1 Å². The topological polar surface area (TPSA) is 44.9 Å². The predicted octanol–water partition coefficient (Wildman–Crippen LogP) is 12.4. The molecule has 0 fully saturated rings. The number of hydrogen-bond acceptors (Lipinski definition) is 3. The summed E-state index contributed by atoms with van der Waals surface area (Å²) in [7, 11) is 0. The monoisotopic (exact) mass is 881 g/mol. The Morgan fingerprint density at radius 1 is 0.717 bits per heavy atom. The number of fused-ring (bicyclic) bond motifs is 3. The van der Waals surface area contributed by atoms with Crippen LogP contribution in [-0.4, -0.2) is 19.3 Å². The fraction of sp³-hybridized carbons (Fsp3) is 0.319. The molecule has 6 heteroatoms. The van der Waals surface area contributed by atoms with Gasteiger partial charge in [-0.25, -0.2) is 4.98 Å². The number of para-hydroxylation sites is 1. The summed E-state index contributed by atoms with van der Waals surface area (Å²) in [5.74, 6) is 2.37. The van der Waals surface area contributed by atoms with Gasteiger partial charge in [-0.2, -0.15) is 11.2 Å². The molecule has 7 aromatic rings. The molecule has 0 unspecified atom stereocenters. The first kappa shape index (κ1) is 38.3. The van der Waals surface area contributed by atoms with Gasteiger partial charge in [-0.05, 0) is 90.6 Å². The van der Waals surface area contributed by atoms with E-state index in [1.807, 2.05) is 12.3 Å². The van der Waals surface area contributed by atoms with Crippen molar-refractivity contribution >= 4 is 21.8 Å². The van der Waals surface area contributed by atoms with Crippen LogP contribution >= 0.6 is 0 Å². The molecular formula is C47H50N4OPt. The molecule has 0 saturated heterocycles. The number of rotatable bonds is 6. The smallest absolute Gasteiger partial charge is 0.509 e. The Labute approximate surface area is 329 Å². The summed E-state index contributed by atoms with van der Waals surface area (Å²) in [4.78, 5) is 4.85. The Morgan fingerprint density at radius 2 is 1.42 bits per heavy atom. The number of ether oxygens (including phenoxy) is 1. The van der Waals surface area contributed by atoms with Crippen LogP contribution in [0.1, 0.15) is 101 Å². The van der Waals surface area contributed by atoms with Crippen LogP contribution in [0.4, 0.5) is 0 Å². The Balaban J connectivity index is 0.00000481. The first-order valence-corrected chi connectivity index (χ1v) is 18.4. The number of aromatic nitrogens is 4. The number of pyridine rings is 1. The third-order valence-corrected chi connectivity index (χ3v) is 10.1. The van der Waals surface area contributed by atoms with E-state index >= 15 is 0 Å². The molecule has 274 valence electrons. The second-order valence-electron chi connectivity index (χ2n) is 16.8. The van der Waals surface area contributed by atoms with Crippen LogP contribution in [-0.2, 0) is 31.9 Å². The van der Waals surface area contributed by atoms with E-state index in [1.54, 1.807) is 0 Å². The van der Waals surface area contributed by atoms with Crippen molar-refractivity contribution in [2.45, 2.75) is 99.8 Å². The third kappa shape index (κ3) is 7.13. The van der Waals surface area contributed by atoms with Crippen molar-refractivity contribution in [3.05, 3.63) is 130 Å². The first-order chi connectivity index (χ1) is 24.5. The molecule has 5 nitrogen and oxygen atoms in total. The van der Waals surface area contributed by atoms with Crippen LogP contribution in [0.2, 0.25) is 0 Å². The molecule has 53 heavy (non-hydrogen) atoms. The maximum atomic E-state index is 6.72. The fourth-order valence-electron chi connectivity index (χ4n) is 7.62. The zero-order valence-electron chi connectivity index (χ0n) is 33.1. The Kier molecular flexibility index (Phi) is 10.2. The minimum absolute atomic E-state index is 0. The van der Waals surface area contributed by atoms with Crippen LogP contribution in [0.25, 0.3) is 44.4 Å². The number of aryl methyl sites for hydroxylation is 4. The average molecular weight is 882 g/mol. The Hall–Kier alpha value is -4.47. The van der Waals surface area contributed by atoms with Crippen LogP contribution in [0, 0.1) is 39.8 Å². The normalized spacial score (nSPS) is 12.2. The van der Waals surface area contributed by atoms with Crippen molar-refractivity contribution in [1.29, 1.82) is 0 Å². The molecule has 0 aliphatic heterocycles. The number of hydrogen-bond donors (Lipinski definition) is 0. The molecule has 0 radical (unpaired) electrons. The van der Waals surface area contributed by atoms with E-state index < -0.39 is 0 Å². The second-order valence-corrected chi connectivity index (χ2v) is 16.8. The summed E-state index contributed by atoms with van der Waals surface area (Å²) in [5.41, 5.74) is 13.4. The van der Waals surface area contributed by atoms with Gasteiger partial charge in [0.2, 0.25) is 0 Å². The molecule has 0 saturated carbocycles. The summed E-state index contributed by atoms with van der Waals surface area (Å²) >= 11 is 0. The van der Waals surface area contributed by atoms with Gasteiger partial charge in [0.15, 0.2) is 0 Å². The van der Waals surface area contributed by atoms with Gasteiger partial charge < -0.3 is 9.30 Å². The summed E-state index contributed by atoms with van der Waals surface area (Å²) in [5, 5.41) is 7.47. The van der Waals surface area contributed by atoms with Gasteiger partial charge in [0.05, 0.1) is 11.4 Å². The van der Waals surface area contributed by atoms with E-state index in [4.69, 9.17) is 14.8 Å². The minimum atomic E-state index is -0.201. The van der Waals surface area contributed by atoms with E-state index in [2.05, 4.69) is 171 Å². The largest absolute Gasteiger partial charge is 2.00 e. The predicted molar refractivity (Wildman–Crippen MR) is 216 cm³/mol. The van der Waals surface area contributed by atoms with Gasteiger partial charge in [0.25, 0.3) is 0 Å². The molecule has 3 aromatic heterocycles. The number of benzene rings is 4. The number of nitrogens with zero attached hydrogens (tertiary/aromatic N) is 4. The molecular weight excluding hydrogens is 832 g/mol. The van der Waals surface area contributed by atoms with E-state index in [0.29, 0.717) is 11.5 Å². The molecule has 3 heterocycles. The minimum Gasteiger partial charge on any atom is -0.509 e. The molecule has 0 N–H and O–H groups in total. The molecule has 0 amide bonds. The van der Waals surface area contributed by atoms with Crippen molar-refractivity contribution in [3.63, 3.8) is 0 Å². The molecule has 0 atom stereocenters. The Morgan fingerprint density at radius 3 is 2.08 bits per heavy atom. The maximum Gasteiger partial charge on any atom is 2.00 e. The van der Waals surface area contributed by atoms with Crippen molar-refractivity contribution in [1.82, 2.24) is 19.3 Å². The summed E-state index contributed by atoms with van der Waals surface area (Å²) < 4.78 is 11.0. The van der Waals surface area contributed by atoms with Crippen LogP contribution in [0.15, 0.2) is 79.0 Å². The molecule has 0 spiro atoms. The SMILES string of the molecule is Cc1cc(C)c(-c2c(C)nn(-c3[c-]c(Oc4[c-]c5c(cc4)c4ccccc4n5-c4cc(C(C)(C)C)ccn4)cc(C(C)C)c3)c2C(C)(C)C)c(C)c1.[Pt+2]. The third-order valence-electron chi connectivity index (χ3n) is 10.1. The van der Waals surface area contributed by atoms with Crippen LogP contribution in [0.3, 0.4) is 0 Å².